The molecule has 3 aromatic carbocycles. The van der Waals surface area contributed by atoms with E-state index in [0.717, 1.165) is 30.7 Å². The molecule has 0 saturated heterocycles. The summed E-state index contributed by atoms with van der Waals surface area (Å²) in [4.78, 5) is 29.3. The van der Waals surface area contributed by atoms with Gasteiger partial charge in [0.05, 0.1) is 22.8 Å². The number of hydrogen-bond acceptors (Lipinski definition) is 7. The number of carboxylic acid groups (broad SMARTS) is 1. The number of aliphatic carboxylic acids is 1. The number of nitrogens with zero attached hydrogens (tertiary/aromatic N) is 1. The number of benzene rings is 3. The number of hydrogen-bond donors (Lipinski definition) is 1. The maximum Gasteiger partial charge on any atom is 0.341 e. The second-order valence-electron chi connectivity index (χ2n) is 7.65. The van der Waals surface area contributed by atoms with Crippen LogP contribution in [-0.2, 0) is 4.79 Å². The number of fused-ring (bicyclic) bond motifs is 2. The van der Waals surface area contributed by atoms with E-state index >= 15 is 0 Å². The first kappa shape index (κ1) is 22.8. The highest BCUT2D eigenvalue weighted by molar-refractivity contribution is 7.22. The highest BCUT2D eigenvalue weighted by Gasteiger charge is 2.16. The quantitative estimate of drug-likeness (QED) is 0.192. The minimum absolute atomic E-state index is 0.191. The summed E-state index contributed by atoms with van der Waals surface area (Å²) >= 11 is 3.14. The van der Waals surface area contributed by atoms with Crippen LogP contribution < -0.4 is 9.47 Å². The van der Waals surface area contributed by atoms with Crippen molar-refractivity contribution in [2.45, 2.75) is 0 Å². The predicted molar refractivity (Wildman–Crippen MR) is 140 cm³/mol. The molecular weight excluding hydrogens is 482 g/mol. The van der Waals surface area contributed by atoms with Crippen LogP contribution in [0.2, 0.25) is 0 Å². The third-order valence-corrected chi connectivity index (χ3v) is 7.36. The Balaban J connectivity index is 1.55. The summed E-state index contributed by atoms with van der Waals surface area (Å²) in [5.41, 5.74) is 4.44. The van der Waals surface area contributed by atoms with E-state index in [2.05, 4.69) is 17.1 Å². The zero-order valence-electron chi connectivity index (χ0n) is 18.6. The first-order valence-corrected chi connectivity index (χ1v) is 12.3. The number of allylic oxidation sites excluding steroid dienone is 1. The van der Waals surface area contributed by atoms with Crippen molar-refractivity contribution in [3.8, 4) is 21.9 Å². The molecule has 0 radical (unpaired) electrons. The van der Waals surface area contributed by atoms with Gasteiger partial charge in [-0.25, -0.2) is 9.78 Å². The minimum atomic E-state index is -1.10. The van der Waals surface area contributed by atoms with Gasteiger partial charge in [-0.05, 0) is 53.9 Å². The Morgan fingerprint density at radius 2 is 1.89 bits per heavy atom. The van der Waals surface area contributed by atoms with Gasteiger partial charge in [-0.1, -0.05) is 18.2 Å². The highest BCUT2D eigenvalue weighted by Crippen LogP contribution is 2.41. The largest absolute Gasteiger partial charge is 0.496 e. The molecule has 0 fully saturated rings. The molecule has 174 valence electrons. The van der Waals surface area contributed by atoms with E-state index in [-0.39, 0.29) is 5.78 Å². The van der Waals surface area contributed by atoms with Gasteiger partial charge < -0.3 is 14.6 Å². The van der Waals surface area contributed by atoms with Crippen molar-refractivity contribution in [1.29, 1.82) is 0 Å². The lowest BCUT2D eigenvalue weighted by molar-refractivity contribution is -0.139. The molecule has 0 aliphatic heterocycles. The summed E-state index contributed by atoms with van der Waals surface area (Å²) in [5.74, 6) is -0.425. The first-order valence-electron chi connectivity index (χ1n) is 10.6. The van der Waals surface area contributed by atoms with Crippen LogP contribution in [-0.4, -0.2) is 35.6 Å². The van der Waals surface area contributed by atoms with E-state index in [9.17, 15) is 9.59 Å². The highest BCUT2D eigenvalue weighted by atomic mass is 32.1. The van der Waals surface area contributed by atoms with Crippen LogP contribution in [0.25, 0.3) is 36.8 Å². The van der Waals surface area contributed by atoms with Gasteiger partial charge in [-0.2, -0.15) is 0 Å². The summed E-state index contributed by atoms with van der Waals surface area (Å²) in [6.07, 6.45) is 3.10. The lowest BCUT2D eigenvalue weighted by Crippen LogP contribution is -2.10. The van der Waals surface area contributed by atoms with Gasteiger partial charge in [0, 0.05) is 32.3 Å². The summed E-state index contributed by atoms with van der Waals surface area (Å²) < 4.78 is 13.3. The van der Waals surface area contributed by atoms with Gasteiger partial charge in [0.25, 0.3) is 0 Å². The van der Waals surface area contributed by atoms with Crippen molar-refractivity contribution < 1.29 is 24.2 Å². The minimum Gasteiger partial charge on any atom is -0.496 e. The number of carbonyl (C=O) groups is 2. The predicted octanol–water partition coefficient (Wildman–Crippen LogP) is 6.55. The molecule has 0 saturated carbocycles. The zero-order valence-corrected chi connectivity index (χ0v) is 20.2. The topological polar surface area (TPSA) is 85.7 Å². The monoisotopic (exact) mass is 501 g/mol. The van der Waals surface area contributed by atoms with Crippen molar-refractivity contribution in [1.82, 2.24) is 4.98 Å². The molecule has 0 bridgehead atoms. The standard InChI is InChI=1S/C27H19NO5S2/c1-32-23-13-22(33-14-27(30)31)17(10-19(23)26-12-18-4-2-3-5-24(18)35-26)6-8-21(29)16-7-9-25-20(11-16)28-15-34-25/h2-13,15H,14H2,1H3,(H,30,31)/b8-6+. The molecule has 8 heteroatoms. The lowest BCUT2D eigenvalue weighted by Gasteiger charge is -2.13. The summed E-state index contributed by atoms with van der Waals surface area (Å²) in [6.45, 7) is -0.513. The summed E-state index contributed by atoms with van der Waals surface area (Å²) in [6, 6.07) is 19.1. The van der Waals surface area contributed by atoms with Crippen LogP contribution in [0.15, 0.2) is 72.3 Å². The van der Waals surface area contributed by atoms with Gasteiger partial charge in [0.15, 0.2) is 12.4 Å². The van der Waals surface area contributed by atoms with Gasteiger partial charge in [0.1, 0.15) is 11.5 Å². The molecule has 0 amide bonds. The molecule has 2 aromatic heterocycles. The molecule has 0 unspecified atom stereocenters. The van der Waals surface area contributed by atoms with Gasteiger partial charge in [-0.3, -0.25) is 4.79 Å². The van der Waals surface area contributed by atoms with E-state index in [1.165, 1.54) is 17.4 Å². The van der Waals surface area contributed by atoms with E-state index in [1.807, 2.05) is 30.3 Å². The van der Waals surface area contributed by atoms with Crippen molar-refractivity contribution in [2.75, 3.05) is 13.7 Å². The van der Waals surface area contributed by atoms with Crippen LogP contribution in [0.4, 0.5) is 0 Å². The van der Waals surface area contributed by atoms with E-state index in [0.29, 0.717) is 22.6 Å². The Morgan fingerprint density at radius 1 is 1.03 bits per heavy atom. The number of thiophene rings is 1. The number of ketones is 1. The molecule has 1 N–H and O–H groups in total. The fourth-order valence-corrected chi connectivity index (χ4v) is 5.46. The lowest BCUT2D eigenvalue weighted by atomic mass is 10.0. The molecule has 5 rings (SSSR count). The number of methoxy groups -OCH3 is 1. The SMILES string of the molecule is COc1cc(OCC(=O)O)c(/C=C/C(=O)c2ccc3scnc3c2)cc1-c1cc2ccccc2s1. The van der Waals surface area contributed by atoms with Crippen molar-refractivity contribution in [3.05, 3.63) is 83.4 Å². The normalized spacial score (nSPS) is 11.3. The Hall–Kier alpha value is -4.01. The molecule has 0 atom stereocenters. The number of carbonyl (C=O) groups excluding carboxylic acids is 1. The van der Waals surface area contributed by atoms with Gasteiger partial charge in [0.2, 0.25) is 0 Å². The molecule has 6 nitrogen and oxygen atoms in total. The fourth-order valence-electron chi connectivity index (χ4n) is 3.72. The van der Waals surface area contributed by atoms with Crippen molar-refractivity contribution in [3.63, 3.8) is 0 Å². The Labute approximate surface area is 208 Å². The Morgan fingerprint density at radius 3 is 2.69 bits per heavy atom. The average molecular weight is 502 g/mol. The van der Waals surface area contributed by atoms with E-state index in [1.54, 1.807) is 48.2 Å². The van der Waals surface area contributed by atoms with E-state index in [4.69, 9.17) is 14.6 Å². The maximum absolute atomic E-state index is 12.9. The van der Waals surface area contributed by atoms with Crippen molar-refractivity contribution >= 4 is 60.8 Å². The van der Waals surface area contributed by atoms with Crippen LogP contribution in [0, 0.1) is 0 Å². The Bertz CT molecular complexity index is 1570. The molecular formula is C27H19NO5S2. The zero-order chi connectivity index (χ0) is 24.4. The third kappa shape index (κ3) is 4.80. The third-order valence-electron chi connectivity index (χ3n) is 5.40. The molecule has 2 heterocycles. The fraction of sp³-hybridized carbons (Fsp3) is 0.0741. The second-order valence-corrected chi connectivity index (χ2v) is 9.62. The maximum atomic E-state index is 12.9. The van der Waals surface area contributed by atoms with Crippen LogP contribution in [0.1, 0.15) is 15.9 Å². The molecule has 5 aromatic rings. The number of rotatable bonds is 8. The smallest absolute Gasteiger partial charge is 0.341 e. The molecule has 0 spiro atoms. The number of thiazole rings is 1. The number of ether oxygens (including phenoxy) is 2. The second kappa shape index (κ2) is 9.69. The number of aromatic nitrogens is 1. The van der Waals surface area contributed by atoms with E-state index < -0.39 is 12.6 Å². The summed E-state index contributed by atoms with van der Waals surface area (Å²) in [5, 5.41) is 10.2. The average Bonchev–Trinajstić information content (AvgIpc) is 3.52. The molecule has 35 heavy (non-hydrogen) atoms. The van der Waals surface area contributed by atoms with Crippen LogP contribution in [0.3, 0.4) is 0 Å². The molecule has 0 aliphatic rings. The van der Waals surface area contributed by atoms with Crippen LogP contribution in [0.5, 0.6) is 11.5 Å². The Kier molecular flexibility index (Phi) is 6.31. The van der Waals surface area contributed by atoms with Crippen molar-refractivity contribution in [2.24, 2.45) is 0 Å². The van der Waals surface area contributed by atoms with Gasteiger partial charge >= 0.3 is 5.97 Å². The van der Waals surface area contributed by atoms with Crippen LogP contribution >= 0.6 is 22.7 Å². The first-order chi connectivity index (χ1) is 17.0. The summed E-state index contributed by atoms with van der Waals surface area (Å²) in [7, 11) is 1.56. The molecule has 0 aliphatic carbocycles. The van der Waals surface area contributed by atoms with Gasteiger partial charge in [-0.15, -0.1) is 22.7 Å². The number of carboxylic acids is 1.